The van der Waals surface area contributed by atoms with E-state index in [0.29, 0.717) is 18.8 Å². The Morgan fingerprint density at radius 1 is 0.690 bits per heavy atom. The second-order valence-electron chi connectivity index (χ2n) is 6.74. The van der Waals surface area contributed by atoms with Crippen LogP contribution in [0.1, 0.15) is 30.4 Å². The van der Waals surface area contributed by atoms with Crippen molar-refractivity contribution in [1.82, 2.24) is 0 Å². The Morgan fingerprint density at radius 2 is 1.17 bits per heavy atom. The molecule has 29 heavy (non-hydrogen) atoms. The minimum absolute atomic E-state index is 0.671. The lowest BCUT2D eigenvalue weighted by atomic mass is 10.0. The Hall–Kier alpha value is -3.51. The highest BCUT2D eigenvalue weighted by Gasteiger charge is 2.00. The van der Waals surface area contributed by atoms with Gasteiger partial charge in [0.1, 0.15) is 11.5 Å². The molecule has 3 heteroatoms. The monoisotopic (exact) mass is 383 g/mol. The van der Waals surface area contributed by atoms with E-state index in [1.165, 1.54) is 0 Å². The maximum Gasteiger partial charge on any atom is 0.119 e. The molecule has 0 N–H and O–H groups in total. The van der Waals surface area contributed by atoms with Crippen molar-refractivity contribution in [2.24, 2.45) is 0 Å². The Morgan fingerprint density at radius 3 is 1.66 bits per heavy atom. The third kappa shape index (κ3) is 6.26. The molecule has 3 aromatic carbocycles. The number of nitrogens with zero attached hydrogens (tertiary/aromatic N) is 1. The van der Waals surface area contributed by atoms with Crippen molar-refractivity contribution in [3.05, 3.63) is 90.5 Å². The highest BCUT2D eigenvalue weighted by Crippen LogP contribution is 2.23. The van der Waals surface area contributed by atoms with E-state index in [1.54, 1.807) is 0 Å². The van der Waals surface area contributed by atoms with Gasteiger partial charge in [0.25, 0.3) is 0 Å². The van der Waals surface area contributed by atoms with Crippen LogP contribution >= 0.6 is 0 Å². The summed E-state index contributed by atoms with van der Waals surface area (Å²) in [6.45, 7) is 5.16. The Kier molecular flexibility index (Phi) is 7.48. The number of rotatable bonds is 10. The molecule has 0 spiro atoms. The number of hydrogen-bond acceptors (Lipinski definition) is 3. The van der Waals surface area contributed by atoms with E-state index in [0.717, 1.165) is 47.5 Å². The zero-order valence-corrected chi connectivity index (χ0v) is 16.5. The Labute approximate surface area is 172 Å². The normalized spacial score (nSPS) is 10.2. The van der Waals surface area contributed by atoms with E-state index < -0.39 is 0 Å². The summed E-state index contributed by atoms with van der Waals surface area (Å²) in [7, 11) is 0. The molecule has 0 atom stereocenters. The standard InChI is InChI=1S/C26H25NO2/c1-2-21-8-14-25(15-9-21)28-18-4-3-5-19-29-26-16-12-24(13-17-26)23-10-6-22(20-27)7-11-23/h2,6-17H,1,3-5,18-19H2. The second-order valence-corrected chi connectivity index (χ2v) is 6.74. The summed E-state index contributed by atoms with van der Waals surface area (Å²) < 4.78 is 11.6. The number of unbranched alkanes of at least 4 members (excludes halogenated alkanes) is 2. The quantitative estimate of drug-likeness (QED) is 0.375. The first kappa shape index (κ1) is 20.2. The van der Waals surface area contributed by atoms with Crippen molar-refractivity contribution in [3.63, 3.8) is 0 Å². The van der Waals surface area contributed by atoms with Gasteiger partial charge in [-0.05, 0) is 72.4 Å². The SMILES string of the molecule is C=Cc1ccc(OCCCCCOc2ccc(-c3ccc(C#N)cc3)cc2)cc1. The summed E-state index contributed by atoms with van der Waals surface area (Å²) in [5.41, 5.74) is 3.97. The Balaban J connectivity index is 1.33. The average Bonchev–Trinajstić information content (AvgIpc) is 2.79. The smallest absolute Gasteiger partial charge is 0.119 e. The van der Waals surface area contributed by atoms with E-state index in [9.17, 15) is 0 Å². The molecule has 0 bridgehead atoms. The van der Waals surface area contributed by atoms with Crippen molar-refractivity contribution in [2.45, 2.75) is 19.3 Å². The fraction of sp³-hybridized carbons (Fsp3) is 0.192. The molecule has 0 saturated carbocycles. The van der Waals surface area contributed by atoms with Gasteiger partial charge < -0.3 is 9.47 Å². The van der Waals surface area contributed by atoms with E-state index in [1.807, 2.05) is 78.9 Å². The summed E-state index contributed by atoms with van der Waals surface area (Å²) in [5, 5.41) is 8.88. The summed E-state index contributed by atoms with van der Waals surface area (Å²) in [6, 6.07) is 25.7. The van der Waals surface area contributed by atoms with E-state index in [4.69, 9.17) is 14.7 Å². The van der Waals surface area contributed by atoms with E-state index in [2.05, 4.69) is 12.6 Å². The molecular formula is C26H25NO2. The highest BCUT2D eigenvalue weighted by atomic mass is 16.5. The van der Waals surface area contributed by atoms with Crippen LogP contribution in [0.15, 0.2) is 79.4 Å². The van der Waals surface area contributed by atoms with Gasteiger partial charge in [0.2, 0.25) is 0 Å². The molecule has 146 valence electrons. The maximum absolute atomic E-state index is 8.88. The lowest BCUT2D eigenvalue weighted by Crippen LogP contribution is -2.01. The van der Waals surface area contributed by atoms with E-state index in [-0.39, 0.29) is 0 Å². The molecule has 0 aliphatic heterocycles. The van der Waals surface area contributed by atoms with Crippen LogP contribution in [0.2, 0.25) is 0 Å². The lowest BCUT2D eigenvalue weighted by Gasteiger charge is -2.08. The van der Waals surface area contributed by atoms with Crippen LogP contribution in [0.25, 0.3) is 17.2 Å². The molecule has 0 unspecified atom stereocenters. The molecule has 0 aliphatic carbocycles. The van der Waals surface area contributed by atoms with Gasteiger partial charge in [-0.15, -0.1) is 0 Å². The third-order valence-electron chi connectivity index (χ3n) is 4.64. The molecule has 3 aromatic rings. The van der Waals surface area contributed by atoms with Crippen molar-refractivity contribution in [3.8, 4) is 28.7 Å². The molecule has 0 heterocycles. The van der Waals surface area contributed by atoms with Crippen LogP contribution in [0.4, 0.5) is 0 Å². The molecule has 0 saturated heterocycles. The molecule has 0 radical (unpaired) electrons. The van der Waals surface area contributed by atoms with Crippen LogP contribution in [0, 0.1) is 11.3 Å². The predicted molar refractivity (Wildman–Crippen MR) is 118 cm³/mol. The molecule has 0 amide bonds. The Bertz CT molecular complexity index is 936. The van der Waals surface area contributed by atoms with Crippen molar-refractivity contribution >= 4 is 6.08 Å². The van der Waals surface area contributed by atoms with Crippen LogP contribution in [0.5, 0.6) is 11.5 Å². The number of ether oxygens (including phenoxy) is 2. The van der Waals surface area contributed by atoms with Crippen LogP contribution < -0.4 is 9.47 Å². The zero-order valence-electron chi connectivity index (χ0n) is 16.5. The van der Waals surface area contributed by atoms with Crippen molar-refractivity contribution in [2.75, 3.05) is 13.2 Å². The minimum Gasteiger partial charge on any atom is -0.494 e. The van der Waals surface area contributed by atoms with Gasteiger partial charge >= 0.3 is 0 Å². The molecule has 0 aliphatic rings. The summed E-state index contributed by atoms with van der Waals surface area (Å²) in [6.07, 6.45) is 4.89. The first-order valence-corrected chi connectivity index (χ1v) is 9.87. The zero-order chi connectivity index (χ0) is 20.3. The van der Waals surface area contributed by atoms with Gasteiger partial charge in [0.15, 0.2) is 0 Å². The van der Waals surface area contributed by atoms with Gasteiger partial charge in [-0.3, -0.25) is 0 Å². The summed E-state index contributed by atoms with van der Waals surface area (Å²) in [5.74, 6) is 1.77. The highest BCUT2D eigenvalue weighted by molar-refractivity contribution is 5.64. The minimum atomic E-state index is 0.671. The molecule has 3 rings (SSSR count). The first-order chi connectivity index (χ1) is 14.3. The topological polar surface area (TPSA) is 42.2 Å². The van der Waals surface area contributed by atoms with Crippen LogP contribution in [0.3, 0.4) is 0 Å². The number of hydrogen-bond donors (Lipinski definition) is 0. The van der Waals surface area contributed by atoms with E-state index >= 15 is 0 Å². The molecular weight excluding hydrogens is 358 g/mol. The van der Waals surface area contributed by atoms with Crippen molar-refractivity contribution in [1.29, 1.82) is 5.26 Å². The fourth-order valence-electron chi connectivity index (χ4n) is 2.94. The van der Waals surface area contributed by atoms with Gasteiger partial charge in [-0.25, -0.2) is 0 Å². The molecule has 3 nitrogen and oxygen atoms in total. The average molecular weight is 383 g/mol. The summed E-state index contributed by atoms with van der Waals surface area (Å²) >= 11 is 0. The molecule has 0 fully saturated rings. The predicted octanol–water partition coefficient (Wildman–Crippen LogP) is 6.50. The van der Waals surface area contributed by atoms with Gasteiger partial charge in [0, 0.05) is 0 Å². The lowest BCUT2D eigenvalue weighted by molar-refractivity contribution is 0.279. The molecule has 0 aromatic heterocycles. The first-order valence-electron chi connectivity index (χ1n) is 9.87. The van der Waals surface area contributed by atoms with Gasteiger partial charge in [0.05, 0.1) is 24.8 Å². The van der Waals surface area contributed by atoms with Gasteiger partial charge in [-0.2, -0.15) is 5.26 Å². The fourth-order valence-corrected chi connectivity index (χ4v) is 2.94. The second kappa shape index (κ2) is 10.7. The third-order valence-corrected chi connectivity index (χ3v) is 4.64. The van der Waals surface area contributed by atoms with Crippen LogP contribution in [-0.2, 0) is 0 Å². The van der Waals surface area contributed by atoms with Crippen molar-refractivity contribution < 1.29 is 9.47 Å². The van der Waals surface area contributed by atoms with Crippen LogP contribution in [-0.4, -0.2) is 13.2 Å². The summed E-state index contributed by atoms with van der Waals surface area (Å²) in [4.78, 5) is 0. The van der Waals surface area contributed by atoms with Gasteiger partial charge in [-0.1, -0.05) is 49.1 Å². The maximum atomic E-state index is 8.88. The largest absolute Gasteiger partial charge is 0.494 e. The number of nitriles is 1. The number of benzene rings is 3.